The molecule has 0 spiro atoms. The quantitative estimate of drug-likeness (QED) is 0.689. The number of nitrogens with one attached hydrogen (secondary N) is 1. The fourth-order valence-electron chi connectivity index (χ4n) is 1.54. The van der Waals surface area contributed by atoms with Crippen molar-refractivity contribution in [2.75, 3.05) is 6.54 Å². The summed E-state index contributed by atoms with van der Waals surface area (Å²) in [6, 6.07) is 0. The zero-order valence-corrected chi connectivity index (χ0v) is 9.04. The van der Waals surface area contributed by atoms with Crippen molar-refractivity contribution in [3.63, 3.8) is 0 Å². The summed E-state index contributed by atoms with van der Waals surface area (Å²) in [4.78, 5) is 21.2. The first-order chi connectivity index (χ1) is 6.41. The summed E-state index contributed by atoms with van der Waals surface area (Å²) in [5, 5.41) is 10.8. The van der Waals surface area contributed by atoms with Gasteiger partial charge in [-0.1, -0.05) is 13.8 Å². The average Bonchev–Trinajstić information content (AvgIpc) is 1.97. The minimum Gasteiger partial charge on any atom is -0.465 e. The van der Waals surface area contributed by atoms with E-state index in [1.807, 2.05) is 0 Å². The van der Waals surface area contributed by atoms with Gasteiger partial charge < -0.3 is 15.2 Å². The van der Waals surface area contributed by atoms with Gasteiger partial charge in [0.2, 0.25) is 0 Å². The van der Waals surface area contributed by atoms with E-state index in [-0.39, 0.29) is 11.7 Å². The van der Waals surface area contributed by atoms with E-state index in [0.717, 1.165) is 6.42 Å². The van der Waals surface area contributed by atoms with Crippen LogP contribution >= 0.6 is 0 Å². The topological polar surface area (TPSA) is 66.4 Å². The van der Waals surface area contributed by atoms with Gasteiger partial charge >= 0.3 is 6.09 Å². The molecule has 14 heavy (non-hydrogen) atoms. The molecular formula is C10H19NO3. The predicted octanol–water partition coefficient (Wildman–Crippen LogP) is 1.90. The van der Waals surface area contributed by atoms with Crippen LogP contribution in [-0.4, -0.2) is 23.5 Å². The normalized spacial score (nSPS) is 12.6. The number of hydrogen-bond acceptors (Lipinski definition) is 2. The third kappa shape index (κ3) is 7.58. The highest BCUT2D eigenvalue weighted by molar-refractivity contribution is 5.75. The van der Waals surface area contributed by atoms with Crippen LogP contribution in [0.4, 0.5) is 4.79 Å². The van der Waals surface area contributed by atoms with Crippen LogP contribution < -0.4 is 5.32 Å². The van der Waals surface area contributed by atoms with Crippen LogP contribution in [0.25, 0.3) is 0 Å². The molecule has 1 amide bonds. The highest BCUT2D eigenvalue weighted by Gasteiger charge is 2.13. The second kappa shape index (κ2) is 6.40. The van der Waals surface area contributed by atoms with Gasteiger partial charge in [0, 0.05) is 13.0 Å². The molecule has 0 rings (SSSR count). The number of carbonyl (C=O) groups is 2. The number of carboxylic acid groups (broad SMARTS) is 1. The monoisotopic (exact) mass is 201 g/mol. The van der Waals surface area contributed by atoms with Crippen molar-refractivity contribution in [1.29, 1.82) is 0 Å². The molecule has 0 radical (unpaired) electrons. The van der Waals surface area contributed by atoms with E-state index in [4.69, 9.17) is 5.11 Å². The maximum Gasteiger partial charge on any atom is 0.404 e. The SMILES string of the molecule is CC(=O)C[C@H](CNC(=O)O)CC(C)C. The first-order valence-corrected chi connectivity index (χ1v) is 4.88. The van der Waals surface area contributed by atoms with Gasteiger partial charge in [-0.05, 0) is 25.2 Å². The van der Waals surface area contributed by atoms with E-state index < -0.39 is 6.09 Å². The Morgan fingerprint density at radius 3 is 2.29 bits per heavy atom. The average molecular weight is 201 g/mol. The number of Topliss-reactive ketones (excluding diaryl/α,β-unsaturated/α-hetero) is 1. The summed E-state index contributed by atoms with van der Waals surface area (Å²) in [6.07, 6.45) is 0.306. The highest BCUT2D eigenvalue weighted by Crippen LogP contribution is 2.14. The van der Waals surface area contributed by atoms with Crippen molar-refractivity contribution >= 4 is 11.9 Å². The van der Waals surface area contributed by atoms with Crippen molar-refractivity contribution in [2.45, 2.75) is 33.6 Å². The molecule has 2 N–H and O–H groups in total. The van der Waals surface area contributed by atoms with E-state index >= 15 is 0 Å². The molecule has 0 aliphatic carbocycles. The summed E-state index contributed by atoms with van der Waals surface area (Å²) in [5.74, 6) is 0.724. The van der Waals surface area contributed by atoms with E-state index in [1.54, 1.807) is 0 Å². The number of hydrogen-bond donors (Lipinski definition) is 2. The molecule has 0 saturated carbocycles. The van der Waals surface area contributed by atoms with Crippen LogP contribution in [-0.2, 0) is 4.79 Å². The van der Waals surface area contributed by atoms with Gasteiger partial charge in [0.15, 0.2) is 0 Å². The summed E-state index contributed by atoms with van der Waals surface area (Å²) in [6.45, 7) is 6.03. The molecule has 4 heteroatoms. The molecule has 0 unspecified atom stereocenters. The highest BCUT2D eigenvalue weighted by atomic mass is 16.4. The lowest BCUT2D eigenvalue weighted by Crippen LogP contribution is -2.29. The number of amides is 1. The maximum absolute atomic E-state index is 10.9. The van der Waals surface area contributed by atoms with Crippen LogP contribution in [0.15, 0.2) is 0 Å². The van der Waals surface area contributed by atoms with Gasteiger partial charge in [0.05, 0.1) is 0 Å². The molecule has 0 aliphatic rings. The second-order valence-electron chi connectivity index (χ2n) is 4.09. The number of ketones is 1. The van der Waals surface area contributed by atoms with E-state index in [1.165, 1.54) is 6.92 Å². The lowest BCUT2D eigenvalue weighted by Gasteiger charge is -2.17. The zero-order chi connectivity index (χ0) is 11.1. The summed E-state index contributed by atoms with van der Waals surface area (Å²) in [5.41, 5.74) is 0. The molecule has 1 atom stereocenters. The van der Waals surface area contributed by atoms with Gasteiger partial charge in [-0.15, -0.1) is 0 Å². The minimum absolute atomic E-state index is 0.114. The van der Waals surface area contributed by atoms with Crippen molar-refractivity contribution in [2.24, 2.45) is 11.8 Å². The Bertz CT molecular complexity index is 202. The fraction of sp³-hybridized carbons (Fsp3) is 0.800. The van der Waals surface area contributed by atoms with E-state index in [9.17, 15) is 9.59 Å². The molecule has 0 aromatic heterocycles. The molecule has 0 bridgehead atoms. The van der Waals surface area contributed by atoms with Gasteiger partial charge in [-0.25, -0.2) is 4.79 Å². The van der Waals surface area contributed by atoms with Gasteiger partial charge in [0.1, 0.15) is 5.78 Å². The Morgan fingerprint density at radius 1 is 1.36 bits per heavy atom. The van der Waals surface area contributed by atoms with Gasteiger partial charge in [0.25, 0.3) is 0 Å². The molecule has 0 aromatic rings. The van der Waals surface area contributed by atoms with E-state index in [0.29, 0.717) is 18.9 Å². The minimum atomic E-state index is -1.03. The maximum atomic E-state index is 10.9. The molecule has 0 fully saturated rings. The standard InChI is InChI=1S/C10H19NO3/c1-7(2)4-9(5-8(3)12)6-11-10(13)14/h7,9,11H,4-6H2,1-3H3,(H,13,14)/t9-/m1/s1. The van der Waals surface area contributed by atoms with Crippen LogP contribution in [0.2, 0.25) is 0 Å². The number of carbonyl (C=O) groups excluding carboxylic acids is 1. The lowest BCUT2D eigenvalue weighted by molar-refractivity contribution is -0.118. The van der Waals surface area contributed by atoms with Crippen molar-refractivity contribution < 1.29 is 14.7 Å². The van der Waals surface area contributed by atoms with Crippen LogP contribution in [0.5, 0.6) is 0 Å². The summed E-state index contributed by atoms with van der Waals surface area (Å²) >= 11 is 0. The fourth-order valence-corrected chi connectivity index (χ4v) is 1.54. The van der Waals surface area contributed by atoms with Gasteiger partial charge in [-0.2, -0.15) is 0 Å². The van der Waals surface area contributed by atoms with Crippen LogP contribution in [0.3, 0.4) is 0 Å². The Kier molecular flexibility index (Phi) is 5.92. The summed E-state index contributed by atoms with van der Waals surface area (Å²) < 4.78 is 0. The first kappa shape index (κ1) is 12.9. The Balaban J connectivity index is 3.96. The molecule has 82 valence electrons. The lowest BCUT2D eigenvalue weighted by atomic mass is 9.93. The van der Waals surface area contributed by atoms with Crippen molar-refractivity contribution in [3.05, 3.63) is 0 Å². The van der Waals surface area contributed by atoms with E-state index in [2.05, 4.69) is 19.2 Å². The predicted molar refractivity (Wildman–Crippen MR) is 54.3 cm³/mol. The summed E-state index contributed by atoms with van der Waals surface area (Å²) in [7, 11) is 0. The van der Waals surface area contributed by atoms with Gasteiger partial charge in [-0.3, -0.25) is 0 Å². The Labute approximate surface area is 84.7 Å². The molecule has 0 heterocycles. The Hall–Kier alpha value is -1.06. The molecule has 0 aliphatic heterocycles. The second-order valence-corrected chi connectivity index (χ2v) is 4.09. The molecule has 4 nitrogen and oxygen atoms in total. The third-order valence-electron chi connectivity index (χ3n) is 1.92. The van der Waals surface area contributed by atoms with Crippen LogP contribution in [0.1, 0.15) is 33.6 Å². The van der Waals surface area contributed by atoms with Crippen molar-refractivity contribution in [1.82, 2.24) is 5.32 Å². The third-order valence-corrected chi connectivity index (χ3v) is 1.92. The molecule has 0 saturated heterocycles. The largest absolute Gasteiger partial charge is 0.465 e. The molecule has 0 aromatic carbocycles. The Morgan fingerprint density at radius 2 is 1.93 bits per heavy atom. The molecular weight excluding hydrogens is 182 g/mol. The first-order valence-electron chi connectivity index (χ1n) is 4.88. The zero-order valence-electron chi connectivity index (χ0n) is 9.04. The number of rotatable bonds is 6. The van der Waals surface area contributed by atoms with Crippen LogP contribution in [0, 0.1) is 11.8 Å². The smallest absolute Gasteiger partial charge is 0.404 e. The van der Waals surface area contributed by atoms with Crippen molar-refractivity contribution in [3.8, 4) is 0 Å².